The number of hydrogen-bond donors (Lipinski definition) is 1. The maximum Gasteiger partial charge on any atom is 0.0957 e. The average Bonchev–Trinajstić information content (AvgIpc) is 2.85. The van der Waals surface area contributed by atoms with Crippen molar-refractivity contribution in [1.82, 2.24) is 14.1 Å². The topological polar surface area (TPSA) is 37.8 Å². The molecule has 0 spiro atoms. The molecule has 1 atom stereocenters. The van der Waals surface area contributed by atoms with Gasteiger partial charge >= 0.3 is 0 Å². The van der Waals surface area contributed by atoms with Crippen LogP contribution in [0, 0.1) is 13.8 Å². The molecule has 0 bridgehead atoms. The highest BCUT2D eigenvalue weighted by Crippen LogP contribution is 2.24. The van der Waals surface area contributed by atoms with E-state index >= 15 is 0 Å². The van der Waals surface area contributed by atoms with Gasteiger partial charge in [-0.25, -0.2) is 0 Å². The van der Waals surface area contributed by atoms with E-state index < -0.39 is 0 Å². The highest BCUT2D eigenvalue weighted by Gasteiger charge is 2.17. The molecule has 1 unspecified atom stereocenters. The zero-order valence-corrected chi connectivity index (χ0v) is 11.9. The molecule has 2 rings (SSSR count). The van der Waals surface area contributed by atoms with E-state index in [0.717, 1.165) is 18.7 Å². The number of benzene rings is 1. The van der Waals surface area contributed by atoms with Gasteiger partial charge in [0.05, 0.1) is 29.7 Å². The van der Waals surface area contributed by atoms with Crippen molar-refractivity contribution in [2.24, 2.45) is 0 Å². The van der Waals surface area contributed by atoms with Crippen molar-refractivity contribution in [2.75, 3.05) is 6.54 Å². The highest BCUT2D eigenvalue weighted by molar-refractivity contribution is 6.99. The maximum absolute atomic E-state index is 4.38. The fourth-order valence-corrected chi connectivity index (χ4v) is 2.56. The summed E-state index contributed by atoms with van der Waals surface area (Å²) in [5, 5.41) is 3.55. The van der Waals surface area contributed by atoms with E-state index in [0.29, 0.717) is 0 Å². The Hall–Kier alpha value is -1.26. The zero-order valence-electron chi connectivity index (χ0n) is 11.1. The van der Waals surface area contributed by atoms with Crippen LogP contribution in [0.1, 0.15) is 41.8 Å². The minimum absolute atomic E-state index is 0.157. The summed E-state index contributed by atoms with van der Waals surface area (Å²) in [6.45, 7) is 7.43. The lowest BCUT2D eigenvalue weighted by Gasteiger charge is -2.19. The molecule has 0 aliphatic rings. The third kappa shape index (κ3) is 2.94. The molecule has 3 nitrogen and oxygen atoms in total. The second kappa shape index (κ2) is 6.07. The van der Waals surface area contributed by atoms with Crippen LogP contribution >= 0.6 is 11.7 Å². The van der Waals surface area contributed by atoms with Crippen molar-refractivity contribution in [3.8, 4) is 0 Å². The van der Waals surface area contributed by atoms with E-state index in [9.17, 15) is 0 Å². The van der Waals surface area contributed by atoms with Crippen LogP contribution in [-0.2, 0) is 0 Å². The van der Waals surface area contributed by atoms with Gasteiger partial charge in [0, 0.05) is 0 Å². The molecule has 4 heteroatoms. The maximum atomic E-state index is 4.38. The number of rotatable bonds is 5. The summed E-state index contributed by atoms with van der Waals surface area (Å²) in [7, 11) is 0. The number of nitrogens with zero attached hydrogens (tertiary/aromatic N) is 2. The SMILES string of the molecule is CCCNC(c1cnsn1)c1ccc(C)cc1C. The summed E-state index contributed by atoms with van der Waals surface area (Å²) in [5.41, 5.74) is 4.90. The molecule has 18 heavy (non-hydrogen) atoms. The molecule has 0 amide bonds. The first-order chi connectivity index (χ1) is 8.72. The van der Waals surface area contributed by atoms with Gasteiger partial charge < -0.3 is 5.32 Å². The van der Waals surface area contributed by atoms with E-state index in [2.05, 4.69) is 53.0 Å². The fraction of sp³-hybridized carbons (Fsp3) is 0.429. The largest absolute Gasteiger partial charge is 0.305 e. The Morgan fingerprint density at radius 3 is 2.78 bits per heavy atom. The van der Waals surface area contributed by atoms with Gasteiger partial charge in [-0.2, -0.15) is 8.75 Å². The molecular formula is C14H19N3S. The van der Waals surface area contributed by atoms with Crippen molar-refractivity contribution in [3.05, 3.63) is 46.8 Å². The molecule has 1 N–H and O–H groups in total. The van der Waals surface area contributed by atoms with Crippen LogP contribution in [0.3, 0.4) is 0 Å². The van der Waals surface area contributed by atoms with Crippen LogP contribution in [0.4, 0.5) is 0 Å². The van der Waals surface area contributed by atoms with Crippen molar-refractivity contribution >= 4 is 11.7 Å². The lowest BCUT2D eigenvalue weighted by molar-refractivity contribution is 0.587. The number of hydrogen-bond acceptors (Lipinski definition) is 4. The molecule has 0 aliphatic carbocycles. The Balaban J connectivity index is 2.33. The van der Waals surface area contributed by atoms with Gasteiger partial charge in [-0.15, -0.1) is 0 Å². The molecule has 0 fully saturated rings. The molecule has 0 saturated heterocycles. The van der Waals surface area contributed by atoms with Crippen LogP contribution < -0.4 is 5.32 Å². The van der Waals surface area contributed by atoms with Gasteiger partial charge in [-0.05, 0) is 37.9 Å². The number of aryl methyl sites for hydroxylation is 2. The van der Waals surface area contributed by atoms with Gasteiger partial charge in [-0.3, -0.25) is 0 Å². The van der Waals surface area contributed by atoms with E-state index in [-0.39, 0.29) is 6.04 Å². The Bertz CT molecular complexity index is 494. The Labute approximate surface area is 113 Å². The normalized spacial score (nSPS) is 12.6. The summed E-state index contributed by atoms with van der Waals surface area (Å²) >= 11 is 1.27. The Morgan fingerprint density at radius 2 is 2.17 bits per heavy atom. The smallest absolute Gasteiger partial charge is 0.0957 e. The second-order valence-corrected chi connectivity index (χ2v) is 5.14. The summed E-state index contributed by atoms with van der Waals surface area (Å²) < 4.78 is 8.49. The van der Waals surface area contributed by atoms with Gasteiger partial charge in [0.25, 0.3) is 0 Å². The first-order valence-corrected chi connectivity index (χ1v) is 7.03. The minimum atomic E-state index is 0.157. The quantitative estimate of drug-likeness (QED) is 0.898. The second-order valence-electron chi connectivity index (χ2n) is 4.58. The van der Waals surface area contributed by atoms with Crippen LogP contribution in [0.2, 0.25) is 0 Å². The highest BCUT2D eigenvalue weighted by atomic mass is 32.1. The van der Waals surface area contributed by atoms with Crippen molar-refractivity contribution < 1.29 is 0 Å². The fourth-order valence-electron chi connectivity index (χ4n) is 2.11. The lowest BCUT2D eigenvalue weighted by Crippen LogP contribution is -2.24. The third-order valence-electron chi connectivity index (χ3n) is 3.01. The van der Waals surface area contributed by atoms with E-state index in [1.165, 1.54) is 28.4 Å². The minimum Gasteiger partial charge on any atom is -0.305 e. The predicted octanol–water partition coefficient (Wildman–Crippen LogP) is 3.24. The molecule has 1 aromatic carbocycles. The predicted molar refractivity (Wildman–Crippen MR) is 76.0 cm³/mol. The molecule has 0 radical (unpaired) electrons. The summed E-state index contributed by atoms with van der Waals surface area (Å²) in [5.74, 6) is 0. The van der Waals surface area contributed by atoms with Gasteiger partial charge in [0.1, 0.15) is 0 Å². The Morgan fingerprint density at radius 1 is 1.33 bits per heavy atom. The number of nitrogens with one attached hydrogen (secondary N) is 1. The van der Waals surface area contributed by atoms with Gasteiger partial charge in [0.15, 0.2) is 0 Å². The monoisotopic (exact) mass is 261 g/mol. The van der Waals surface area contributed by atoms with Crippen molar-refractivity contribution in [2.45, 2.75) is 33.2 Å². The van der Waals surface area contributed by atoms with Crippen LogP contribution in [0.25, 0.3) is 0 Å². The molecule has 1 aromatic heterocycles. The van der Waals surface area contributed by atoms with Gasteiger partial charge in [-0.1, -0.05) is 30.7 Å². The first-order valence-electron chi connectivity index (χ1n) is 6.30. The number of aromatic nitrogens is 2. The molecule has 96 valence electrons. The van der Waals surface area contributed by atoms with E-state index in [1.54, 1.807) is 0 Å². The molecule has 0 saturated carbocycles. The third-order valence-corrected chi connectivity index (χ3v) is 3.50. The van der Waals surface area contributed by atoms with E-state index in [1.807, 2.05) is 6.20 Å². The van der Waals surface area contributed by atoms with Gasteiger partial charge in [0.2, 0.25) is 0 Å². The molecule has 2 aromatic rings. The average molecular weight is 261 g/mol. The van der Waals surface area contributed by atoms with E-state index in [4.69, 9.17) is 0 Å². The standard InChI is InChI=1S/C14H19N3S/c1-4-7-15-14(13-9-16-18-17-13)12-6-5-10(2)8-11(12)3/h5-6,8-9,14-15H,4,7H2,1-3H3. The van der Waals surface area contributed by atoms with Crippen LogP contribution in [-0.4, -0.2) is 15.3 Å². The lowest BCUT2D eigenvalue weighted by atomic mass is 9.97. The van der Waals surface area contributed by atoms with Crippen LogP contribution in [0.15, 0.2) is 24.4 Å². The summed E-state index contributed by atoms with van der Waals surface area (Å²) in [4.78, 5) is 0. The van der Waals surface area contributed by atoms with Crippen molar-refractivity contribution in [3.63, 3.8) is 0 Å². The molecule has 0 aliphatic heterocycles. The first kappa shape index (κ1) is 13.2. The van der Waals surface area contributed by atoms with Crippen LogP contribution in [0.5, 0.6) is 0 Å². The molecule has 1 heterocycles. The zero-order chi connectivity index (χ0) is 13.0. The summed E-state index contributed by atoms with van der Waals surface area (Å²) in [6.07, 6.45) is 2.97. The summed E-state index contributed by atoms with van der Waals surface area (Å²) in [6, 6.07) is 6.72. The molecular weight excluding hydrogens is 242 g/mol. The Kier molecular flexibility index (Phi) is 4.44. The van der Waals surface area contributed by atoms with Crippen molar-refractivity contribution in [1.29, 1.82) is 0 Å².